The number of ether oxygens (including phenoxy) is 2. The van der Waals surface area contributed by atoms with Crippen molar-refractivity contribution in [1.82, 2.24) is 14.9 Å². The van der Waals surface area contributed by atoms with Gasteiger partial charge < -0.3 is 25.8 Å². The molecule has 0 amide bonds. The molecule has 35 heavy (non-hydrogen) atoms. The predicted molar refractivity (Wildman–Crippen MR) is 140 cm³/mol. The van der Waals surface area contributed by atoms with Crippen molar-refractivity contribution in [3.8, 4) is 11.3 Å². The fourth-order valence-electron chi connectivity index (χ4n) is 5.36. The quantitative estimate of drug-likeness (QED) is 0.528. The third-order valence-corrected chi connectivity index (χ3v) is 7.90. The molecule has 1 saturated carbocycles. The number of hydrogen-bond donors (Lipinski definition) is 3. The van der Waals surface area contributed by atoms with Crippen LogP contribution in [0.15, 0.2) is 30.5 Å². The number of morpholine rings is 1. The number of pyridine rings is 2. The van der Waals surface area contributed by atoms with Gasteiger partial charge in [-0.05, 0) is 56.7 Å². The number of rotatable bonds is 7. The Kier molecular flexibility index (Phi) is 8.04. The molecule has 2 saturated heterocycles. The van der Waals surface area contributed by atoms with Gasteiger partial charge in [0, 0.05) is 62.2 Å². The minimum atomic E-state index is -0.262. The van der Waals surface area contributed by atoms with E-state index in [0.717, 1.165) is 74.9 Å². The summed E-state index contributed by atoms with van der Waals surface area (Å²) in [4.78, 5) is 12.0. The maximum atomic E-state index is 6.55. The average molecular weight is 501 g/mol. The molecule has 8 nitrogen and oxygen atoms in total. The van der Waals surface area contributed by atoms with Crippen LogP contribution in [0, 0.1) is 0 Å². The third-order valence-electron chi connectivity index (χ3n) is 7.60. The van der Waals surface area contributed by atoms with E-state index in [9.17, 15) is 0 Å². The van der Waals surface area contributed by atoms with Gasteiger partial charge in [-0.2, -0.15) is 0 Å². The second kappa shape index (κ2) is 11.4. The molecule has 0 radical (unpaired) electrons. The molecule has 2 aromatic rings. The molecule has 9 heteroatoms. The van der Waals surface area contributed by atoms with Crippen molar-refractivity contribution < 1.29 is 9.47 Å². The highest BCUT2D eigenvalue weighted by molar-refractivity contribution is 6.33. The highest BCUT2D eigenvalue weighted by Crippen LogP contribution is 2.31. The summed E-state index contributed by atoms with van der Waals surface area (Å²) >= 11 is 6.55. The SMILES string of the molecule is NC1(CNc2cccc(-c3cc(N[C@H]4CC[C@H](N5CCOCC5)CC4)ncc3Cl)n2)CCOCC1. The van der Waals surface area contributed by atoms with E-state index in [-0.39, 0.29) is 5.54 Å². The largest absolute Gasteiger partial charge is 0.381 e. The normalized spacial score (nSPS) is 25.2. The molecule has 0 bridgehead atoms. The molecule has 2 aromatic heterocycles. The maximum absolute atomic E-state index is 6.55. The Bertz CT molecular complexity index is 972. The molecule has 4 heterocycles. The van der Waals surface area contributed by atoms with Crippen molar-refractivity contribution >= 4 is 23.2 Å². The van der Waals surface area contributed by atoms with Gasteiger partial charge in [0.1, 0.15) is 11.6 Å². The van der Waals surface area contributed by atoms with Gasteiger partial charge in [0.25, 0.3) is 0 Å². The standard InChI is InChI=1S/C26H37ClN6O2/c27-22-17-29-25(31-19-4-6-20(7-5-19)33-10-14-35-15-11-33)16-21(22)23-2-1-3-24(32-23)30-18-26(28)8-12-34-13-9-26/h1-3,16-17,19-20H,4-15,18,28H2,(H,29,31)(H,30,32)/t19-,20-. The Morgan fingerprint density at radius 3 is 2.54 bits per heavy atom. The molecule has 1 aliphatic carbocycles. The van der Waals surface area contributed by atoms with Crippen LogP contribution in [0.25, 0.3) is 11.3 Å². The summed E-state index contributed by atoms with van der Waals surface area (Å²) in [5.41, 5.74) is 7.96. The number of nitrogens with two attached hydrogens (primary N) is 1. The summed E-state index contributed by atoms with van der Waals surface area (Å²) in [5.74, 6) is 1.64. The van der Waals surface area contributed by atoms with Gasteiger partial charge in [-0.1, -0.05) is 17.7 Å². The third kappa shape index (κ3) is 6.43. The number of hydrogen-bond acceptors (Lipinski definition) is 8. The monoisotopic (exact) mass is 500 g/mol. The van der Waals surface area contributed by atoms with E-state index in [1.165, 1.54) is 12.8 Å². The van der Waals surface area contributed by atoms with Crippen LogP contribution in [0.3, 0.4) is 0 Å². The fourth-order valence-corrected chi connectivity index (χ4v) is 5.56. The zero-order chi connectivity index (χ0) is 24.1. The lowest BCUT2D eigenvalue weighted by Gasteiger charge is -2.39. The first-order valence-corrected chi connectivity index (χ1v) is 13.3. The second-order valence-electron chi connectivity index (χ2n) is 10.1. The van der Waals surface area contributed by atoms with Crippen molar-refractivity contribution in [3.63, 3.8) is 0 Å². The zero-order valence-electron chi connectivity index (χ0n) is 20.3. The molecule has 3 aliphatic rings. The molecular weight excluding hydrogens is 464 g/mol. The summed E-state index contributed by atoms with van der Waals surface area (Å²) in [6.45, 7) is 5.94. The van der Waals surface area contributed by atoms with E-state index < -0.39 is 0 Å². The van der Waals surface area contributed by atoms with Crippen LogP contribution in [-0.4, -0.2) is 78.6 Å². The van der Waals surface area contributed by atoms with Gasteiger partial charge in [-0.25, -0.2) is 9.97 Å². The molecule has 0 spiro atoms. The Labute approximate surface area is 212 Å². The van der Waals surface area contributed by atoms with E-state index in [1.807, 2.05) is 24.3 Å². The molecule has 3 fully saturated rings. The fraction of sp³-hybridized carbons (Fsp3) is 0.615. The van der Waals surface area contributed by atoms with Gasteiger partial charge in [-0.15, -0.1) is 0 Å². The van der Waals surface area contributed by atoms with Crippen LogP contribution in [0.5, 0.6) is 0 Å². The number of nitrogens with one attached hydrogen (secondary N) is 2. The van der Waals surface area contributed by atoms with Crippen molar-refractivity contribution in [3.05, 3.63) is 35.5 Å². The summed E-state index contributed by atoms with van der Waals surface area (Å²) in [5, 5.41) is 7.66. The lowest BCUT2D eigenvalue weighted by atomic mass is 9.90. The molecular formula is C26H37ClN6O2. The van der Waals surface area contributed by atoms with Gasteiger partial charge in [0.15, 0.2) is 0 Å². The van der Waals surface area contributed by atoms with Gasteiger partial charge in [0.2, 0.25) is 0 Å². The minimum Gasteiger partial charge on any atom is -0.381 e. The van der Waals surface area contributed by atoms with Crippen LogP contribution >= 0.6 is 11.6 Å². The summed E-state index contributed by atoms with van der Waals surface area (Å²) in [6.07, 6.45) is 8.12. The van der Waals surface area contributed by atoms with E-state index >= 15 is 0 Å². The van der Waals surface area contributed by atoms with E-state index in [1.54, 1.807) is 6.20 Å². The topological polar surface area (TPSA) is 97.6 Å². The minimum absolute atomic E-state index is 0.262. The maximum Gasteiger partial charge on any atom is 0.126 e. The molecule has 5 rings (SSSR count). The van der Waals surface area contributed by atoms with E-state index in [2.05, 4.69) is 20.5 Å². The Balaban J connectivity index is 1.20. The smallest absolute Gasteiger partial charge is 0.126 e. The average Bonchev–Trinajstić information content (AvgIpc) is 2.90. The Morgan fingerprint density at radius 2 is 1.77 bits per heavy atom. The predicted octanol–water partition coefficient (Wildman–Crippen LogP) is 3.77. The van der Waals surface area contributed by atoms with E-state index in [0.29, 0.717) is 36.9 Å². The highest BCUT2D eigenvalue weighted by Gasteiger charge is 2.28. The van der Waals surface area contributed by atoms with Gasteiger partial charge in [-0.3, -0.25) is 4.90 Å². The lowest BCUT2D eigenvalue weighted by molar-refractivity contribution is 0.00790. The Morgan fingerprint density at radius 1 is 1.03 bits per heavy atom. The first-order valence-electron chi connectivity index (χ1n) is 12.9. The number of nitrogens with zero attached hydrogens (tertiary/aromatic N) is 3. The van der Waals surface area contributed by atoms with Crippen LogP contribution in [0.2, 0.25) is 5.02 Å². The first-order chi connectivity index (χ1) is 17.1. The molecule has 4 N–H and O–H groups in total. The molecule has 0 aromatic carbocycles. The molecule has 2 aliphatic heterocycles. The molecule has 0 unspecified atom stereocenters. The van der Waals surface area contributed by atoms with Gasteiger partial charge >= 0.3 is 0 Å². The second-order valence-corrected chi connectivity index (χ2v) is 10.5. The number of aromatic nitrogens is 2. The van der Waals surface area contributed by atoms with Crippen molar-refractivity contribution in [2.45, 2.75) is 56.1 Å². The molecule has 190 valence electrons. The number of halogens is 1. The highest BCUT2D eigenvalue weighted by atomic mass is 35.5. The van der Waals surface area contributed by atoms with Crippen LogP contribution in [-0.2, 0) is 9.47 Å². The Hall–Kier alpha value is -1.97. The van der Waals surface area contributed by atoms with Crippen molar-refractivity contribution in [1.29, 1.82) is 0 Å². The van der Waals surface area contributed by atoms with Crippen LogP contribution in [0.4, 0.5) is 11.6 Å². The zero-order valence-corrected chi connectivity index (χ0v) is 21.1. The van der Waals surface area contributed by atoms with Crippen LogP contribution in [0.1, 0.15) is 38.5 Å². The summed E-state index contributed by atoms with van der Waals surface area (Å²) in [7, 11) is 0. The summed E-state index contributed by atoms with van der Waals surface area (Å²) < 4.78 is 11.0. The lowest BCUT2D eigenvalue weighted by Crippen LogP contribution is -2.50. The number of anilines is 2. The van der Waals surface area contributed by atoms with E-state index in [4.69, 9.17) is 31.8 Å². The summed E-state index contributed by atoms with van der Waals surface area (Å²) in [6, 6.07) is 9.07. The van der Waals surface area contributed by atoms with Crippen LogP contribution < -0.4 is 16.4 Å². The van der Waals surface area contributed by atoms with Crippen molar-refractivity contribution in [2.75, 3.05) is 56.7 Å². The van der Waals surface area contributed by atoms with Crippen molar-refractivity contribution in [2.24, 2.45) is 5.73 Å². The molecule has 0 atom stereocenters. The first kappa shape index (κ1) is 24.7. The van der Waals surface area contributed by atoms with Gasteiger partial charge in [0.05, 0.1) is 23.9 Å².